The van der Waals surface area contributed by atoms with Gasteiger partial charge in [-0.3, -0.25) is 14.5 Å². The van der Waals surface area contributed by atoms with Gasteiger partial charge < -0.3 is 9.55 Å². The number of Topliss-reactive ketones (excluding diaryl/α,β-unsaturated/α-hetero) is 1. The molecule has 1 aromatic carbocycles. The van der Waals surface area contributed by atoms with Crippen molar-refractivity contribution in [1.82, 2.24) is 19.4 Å². The van der Waals surface area contributed by atoms with Gasteiger partial charge in [0, 0.05) is 61.1 Å². The molecule has 2 aromatic heterocycles. The molecule has 1 aliphatic heterocycles. The maximum Gasteiger partial charge on any atom is 0.202 e. The van der Waals surface area contributed by atoms with E-state index in [0.29, 0.717) is 29.8 Å². The summed E-state index contributed by atoms with van der Waals surface area (Å²) in [5, 5.41) is 0.347. The number of aromatic nitrogens is 3. The van der Waals surface area contributed by atoms with E-state index < -0.39 is 5.82 Å². The zero-order chi connectivity index (χ0) is 19.0. The first-order chi connectivity index (χ1) is 13.0. The molecule has 3 heterocycles. The molecule has 1 N–H and O–H groups in total. The van der Waals surface area contributed by atoms with Gasteiger partial charge in [0.1, 0.15) is 5.82 Å². The number of piperidine rings is 1. The molecule has 3 aromatic rings. The Hall–Kier alpha value is -2.80. The molecule has 0 bridgehead atoms. The summed E-state index contributed by atoms with van der Waals surface area (Å²) in [4.78, 5) is 34.6. The highest BCUT2D eigenvalue weighted by atomic mass is 19.1. The normalized spacial score (nSPS) is 18.1. The van der Waals surface area contributed by atoms with Crippen molar-refractivity contribution in [3.05, 3.63) is 64.2 Å². The molecule has 6 nitrogen and oxygen atoms in total. The van der Waals surface area contributed by atoms with E-state index in [1.807, 2.05) is 7.05 Å². The number of carbonyl (C=O) groups is 1. The lowest BCUT2D eigenvalue weighted by atomic mass is 9.93. The van der Waals surface area contributed by atoms with Crippen LogP contribution in [0, 0.1) is 11.7 Å². The molecular formula is C20H21FN4O2. The molecule has 1 fully saturated rings. The molecule has 0 amide bonds. The first kappa shape index (κ1) is 17.6. The highest BCUT2D eigenvalue weighted by molar-refractivity contribution is 5.95. The Morgan fingerprint density at radius 2 is 2.22 bits per heavy atom. The SMILES string of the molecule is Cn1ccnc1C(=O)[C@H]1CCCN(Cc2cc(=O)c3cc(F)ccc3[nH]2)C1. The quantitative estimate of drug-likeness (QED) is 0.719. The van der Waals surface area contributed by atoms with E-state index in [4.69, 9.17) is 0 Å². The second kappa shape index (κ2) is 7.08. The number of hydrogen-bond acceptors (Lipinski definition) is 4. The highest BCUT2D eigenvalue weighted by Gasteiger charge is 2.28. The number of hydrogen-bond donors (Lipinski definition) is 1. The van der Waals surface area contributed by atoms with Crippen LogP contribution in [0.5, 0.6) is 0 Å². The summed E-state index contributed by atoms with van der Waals surface area (Å²) in [7, 11) is 1.82. The van der Waals surface area contributed by atoms with Crippen molar-refractivity contribution in [3.8, 4) is 0 Å². The van der Waals surface area contributed by atoms with Crippen LogP contribution in [0.25, 0.3) is 10.9 Å². The standard InChI is InChI=1S/C20H21FN4O2/c1-24-8-6-22-20(24)19(27)13-3-2-7-25(11-13)12-15-10-18(26)16-9-14(21)4-5-17(16)23-15/h4-6,8-10,13H,2-3,7,11-12H2,1H3,(H,23,26)/t13-/m0/s1. The van der Waals surface area contributed by atoms with E-state index in [9.17, 15) is 14.0 Å². The predicted molar refractivity (Wildman–Crippen MR) is 100 cm³/mol. The molecule has 4 rings (SSSR count). The van der Waals surface area contributed by atoms with Crippen LogP contribution in [0.1, 0.15) is 29.2 Å². The number of benzene rings is 1. The van der Waals surface area contributed by atoms with Crippen LogP contribution in [0.2, 0.25) is 0 Å². The third kappa shape index (κ3) is 3.55. The van der Waals surface area contributed by atoms with Crippen molar-refractivity contribution in [2.24, 2.45) is 13.0 Å². The molecular weight excluding hydrogens is 347 g/mol. The summed E-state index contributed by atoms with van der Waals surface area (Å²) in [5.41, 5.74) is 1.19. The van der Waals surface area contributed by atoms with Gasteiger partial charge in [-0.25, -0.2) is 9.37 Å². The molecule has 7 heteroatoms. The number of pyridine rings is 1. The number of halogens is 1. The molecule has 0 unspecified atom stereocenters. The Balaban J connectivity index is 1.52. The van der Waals surface area contributed by atoms with Crippen molar-refractivity contribution in [2.45, 2.75) is 19.4 Å². The molecule has 0 saturated carbocycles. The van der Waals surface area contributed by atoms with Crippen molar-refractivity contribution in [2.75, 3.05) is 13.1 Å². The minimum Gasteiger partial charge on any atom is -0.357 e. The predicted octanol–water partition coefficient (Wildman–Crippen LogP) is 2.50. The fraction of sp³-hybridized carbons (Fsp3) is 0.350. The van der Waals surface area contributed by atoms with Crippen LogP contribution >= 0.6 is 0 Å². The van der Waals surface area contributed by atoms with Gasteiger partial charge >= 0.3 is 0 Å². The van der Waals surface area contributed by atoms with Gasteiger partial charge in [-0.05, 0) is 37.6 Å². The van der Waals surface area contributed by atoms with Crippen molar-refractivity contribution < 1.29 is 9.18 Å². The topological polar surface area (TPSA) is 71.0 Å². The lowest BCUT2D eigenvalue weighted by molar-refractivity contribution is 0.0796. The fourth-order valence-electron chi connectivity index (χ4n) is 3.80. The van der Waals surface area contributed by atoms with Gasteiger partial charge in [-0.2, -0.15) is 0 Å². The number of likely N-dealkylation sites (tertiary alicyclic amines) is 1. The lowest BCUT2D eigenvalue weighted by Gasteiger charge is -2.31. The zero-order valence-electron chi connectivity index (χ0n) is 15.1. The van der Waals surface area contributed by atoms with E-state index in [1.165, 1.54) is 18.2 Å². The number of rotatable bonds is 4. The zero-order valence-corrected chi connectivity index (χ0v) is 15.1. The molecule has 1 atom stereocenters. The van der Waals surface area contributed by atoms with Crippen LogP contribution in [-0.4, -0.2) is 38.3 Å². The Kier molecular flexibility index (Phi) is 4.61. The third-order valence-corrected chi connectivity index (χ3v) is 5.16. The van der Waals surface area contributed by atoms with Gasteiger partial charge in [0.05, 0.1) is 0 Å². The number of aryl methyl sites for hydroxylation is 1. The number of carbonyl (C=O) groups excluding carboxylic acids is 1. The molecule has 27 heavy (non-hydrogen) atoms. The summed E-state index contributed by atoms with van der Waals surface area (Å²) in [5.74, 6) is 0.0335. The van der Waals surface area contributed by atoms with Crippen molar-refractivity contribution in [1.29, 1.82) is 0 Å². The second-order valence-corrected chi connectivity index (χ2v) is 7.15. The van der Waals surface area contributed by atoms with E-state index >= 15 is 0 Å². The van der Waals surface area contributed by atoms with Gasteiger partial charge in [0.15, 0.2) is 11.3 Å². The summed E-state index contributed by atoms with van der Waals surface area (Å²) in [6.45, 7) is 2.05. The van der Waals surface area contributed by atoms with Gasteiger partial charge in [-0.1, -0.05) is 0 Å². The minimum atomic E-state index is -0.424. The molecule has 1 saturated heterocycles. The number of nitrogens with one attached hydrogen (secondary N) is 1. The number of nitrogens with zero attached hydrogens (tertiary/aromatic N) is 3. The number of aromatic amines is 1. The Morgan fingerprint density at radius 1 is 1.37 bits per heavy atom. The van der Waals surface area contributed by atoms with Gasteiger partial charge in [0.2, 0.25) is 5.78 Å². The fourth-order valence-corrected chi connectivity index (χ4v) is 3.80. The maximum atomic E-state index is 13.4. The number of ketones is 1. The minimum absolute atomic E-state index is 0.0645. The summed E-state index contributed by atoms with van der Waals surface area (Å²) in [6.07, 6.45) is 5.17. The van der Waals surface area contributed by atoms with Gasteiger partial charge in [-0.15, -0.1) is 0 Å². The van der Waals surface area contributed by atoms with Gasteiger partial charge in [0.25, 0.3) is 0 Å². The van der Waals surface area contributed by atoms with Crippen LogP contribution in [-0.2, 0) is 13.6 Å². The van der Waals surface area contributed by atoms with Crippen LogP contribution in [0.4, 0.5) is 4.39 Å². The van der Waals surface area contributed by atoms with E-state index in [0.717, 1.165) is 25.1 Å². The van der Waals surface area contributed by atoms with Crippen LogP contribution in [0.15, 0.2) is 41.5 Å². The Labute approximate surface area is 155 Å². The van der Waals surface area contributed by atoms with E-state index in [2.05, 4.69) is 14.9 Å². The maximum absolute atomic E-state index is 13.4. The molecule has 0 aliphatic carbocycles. The molecule has 140 valence electrons. The second-order valence-electron chi connectivity index (χ2n) is 7.15. The lowest BCUT2D eigenvalue weighted by Crippen LogP contribution is -2.39. The molecule has 0 spiro atoms. The average molecular weight is 368 g/mol. The number of H-pyrrole nitrogens is 1. The first-order valence-corrected chi connectivity index (χ1v) is 9.06. The number of fused-ring (bicyclic) bond motifs is 1. The summed E-state index contributed by atoms with van der Waals surface area (Å²) < 4.78 is 15.1. The summed E-state index contributed by atoms with van der Waals surface area (Å²) >= 11 is 0. The monoisotopic (exact) mass is 368 g/mol. The molecule has 0 radical (unpaired) electrons. The first-order valence-electron chi connectivity index (χ1n) is 9.06. The average Bonchev–Trinajstić information content (AvgIpc) is 3.08. The largest absolute Gasteiger partial charge is 0.357 e. The van der Waals surface area contributed by atoms with Crippen LogP contribution < -0.4 is 5.43 Å². The highest BCUT2D eigenvalue weighted by Crippen LogP contribution is 2.22. The van der Waals surface area contributed by atoms with Crippen molar-refractivity contribution in [3.63, 3.8) is 0 Å². The number of imidazole rings is 1. The molecule has 1 aliphatic rings. The van der Waals surface area contributed by atoms with E-state index in [1.54, 1.807) is 23.0 Å². The van der Waals surface area contributed by atoms with Crippen LogP contribution in [0.3, 0.4) is 0 Å². The smallest absolute Gasteiger partial charge is 0.202 e. The summed E-state index contributed by atoms with van der Waals surface area (Å²) in [6, 6.07) is 5.69. The third-order valence-electron chi connectivity index (χ3n) is 5.16. The Bertz CT molecular complexity index is 1060. The van der Waals surface area contributed by atoms with Crippen molar-refractivity contribution >= 4 is 16.7 Å². The Morgan fingerprint density at radius 3 is 3.00 bits per heavy atom. The van der Waals surface area contributed by atoms with E-state index in [-0.39, 0.29) is 17.1 Å².